The summed E-state index contributed by atoms with van der Waals surface area (Å²) in [7, 11) is 0. The fraction of sp³-hybridized carbons (Fsp3) is 0.0435. The van der Waals surface area contributed by atoms with Crippen molar-refractivity contribution in [2.75, 3.05) is 5.01 Å². The lowest BCUT2D eigenvalue weighted by Crippen LogP contribution is -2.35. The molecular formula is C23H16BrFN2O3. The Balaban J connectivity index is 1.50. The first kappa shape index (κ1) is 19.8. The molecule has 5 nitrogen and oxygen atoms in total. The van der Waals surface area contributed by atoms with Crippen LogP contribution in [0, 0.1) is 5.82 Å². The number of carbonyl (C=O) groups excluding carboxylic acids is 2. The van der Waals surface area contributed by atoms with Crippen LogP contribution in [0.15, 0.2) is 82.8 Å². The van der Waals surface area contributed by atoms with Crippen molar-refractivity contribution < 1.29 is 18.7 Å². The summed E-state index contributed by atoms with van der Waals surface area (Å²) in [5.41, 5.74) is 4.57. The molecule has 30 heavy (non-hydrogen) atoms. The Bertz CT molecular complexity index is 1150. The molecule has 1 saturated heterocycles. The third-order valence-electron chi connectivity index (χ3n) is 4.46. The number of rotatable bonds is 5. The van der Waals surface area contributed by atoms with Gasteiger partial charge in [0.05, 0.1) is 10.2 Å². The predicted octanol–water partition coefficient (Wildman–Crippen LogP) is 4.63. The minimum absolute atomic E-state index is 0.0409. The zero-order valence-electron chi connectivity index (χ0n) is 15.6. The van der Waals surface area contributed by atoms with Gasteiger partial charge in [-0.1, -0.05) is 36.4 Å². The van der Waals surface area contributed by atoms with Gasteiger partial charge >= 0.3 is 0 Å². The smallest absolute Gasteiger partial charge is 0.282 e. The molecule has 3 aromatic carbocycles. The van der Waals surface area contributed by atoms with Crippen LogP contribution in [0.4, 0.5) is 10.1 Å². The van der Waals surface area contributed by atoms with E-state index in [0.29, 0.717) is 27.0 Å². The number of nitrogens with zero attached hydrogens (tertiary/aromatic N) is 1. The molecule has 1 heterocycles. The second-order valence-corrected chi connectivity index (χ2v) is 7.44. The molecule has 0 aliphatic carbocycles. The lowest BCUT2D eigenvalue weighted by molar-refractivity contribution is -0.117. The van der Waals surface area contributed by atoms with Crippen molar-refractivity contribution in [1.82, 2.24) is 5.43 Å². The highest BCUT2D eigenvalue weighted by molar-refractivity contribution is 9.10. The van der Waals surface area contributed by atoms with Crippen LogP contribution in [0.3, 0.4) is 0 Å². The van der Waals surface area contributed by atoms with Gasteiger partial charge in [0.15, 0.2) is 0 Å². The third-order valence-corrected chi connectivity index (χ3v) is 5.08. The second-order valence-electron chi connectivity index (χ2n) is 6.58. The predicted molar refractivity (Wildman–Crippen MR) is 115 cm³/mol. The lowest BCUT2D eigenvalue weighted by atomic mass is 10.1. The van der Waals surface area contributed by atoms with Crippen molar-refractivity contribution >= 4 is 39.5 Å². The molecule has 1 N–H and O–H groups in total. The Morgan fingerprint density at radius 1 is 1.00 bits per heavy atom. The highest BCUT2D eigenvalue weighted by atomic mass is 79.9. The molecule has 3 aromatic rings. The molecule has 0 aromatic heterocycles. The number of hydrogen-bond acceptors (Lipinski definition) is 3. The third kappa shape index (κ3) is 4.26. The zero-order chi connectivity index (χ0) is 21.1. The van der Waals surface area contributed by atoms with E-state index in [4.69, 9.17) is 4.74 Å². The summed E-state index contributed by atoms with van der Waals surface area (Å²) in [6.45, 7) is 0.212. The first-order chi connectivity index (χ1) is 14.5. The summed E-state index contributed by atoms with van der Waals surface area (Å²) in [6, 6.07) is 20.3. The normalized spacial score (nSPS) is 14.9. The van der Waals surface area contributed by atoms with Gasteiger partial charge in [0.25, 0.3) is 11.8 Å². The summed E-state index contributed by atoms with van der Waals surface area (Å²) < 4.78 is 19.7. The average molecular weight is 467 g/mol. The number of nitrogens with one attached hydrogen (secondary N) is 1. The van der Waals surface area contributed by atoms with Gasteiger partial charge in [-0.05, 0) is 69.5 Å². The average Bonchev–Trinajstić information content (AvgIpc) is 3.02. The summed E-state index contributed by atoms with van der Waals surface area (Å²) in [5.74, 6) is -0.643. The fourth-order valence-corrected chi connectivity index (χ4v) is 3.51. The van der Waals surface area contributed by atoms with Crippen LogP contribution in [0.2, 0.25) is 0 Å². The highest BCUT2D eigenvalue weighted by Gasteiger charge is 2.34. The van der Waals surface area contributed by atoms with E-state index >= 15 is 0 Å². The molecule has 1 aliphatic heterocycles. The maximum absolute atomic E-state index is 13.3. The molecule has 1 fully saturated rings. The van der Waals surface area contributed by atoms with E-state index in [0.717, 1.165) is 0 Å². The van der Waals surface area contributed by atoms with Crippen LogP contribution >= 0.6 is 15.9 Å². The number of halogens is 2. The molecule has 2 amide bonds. The Hall–Kier alpha value is -3.45. The number of benzene rings is 3. The van der Waals surface area contributed by atoms with Crippen LogP contribution in [-0.4, -0.2) is 11.8 Å². The highest BCUT2D eigenvalue weighted by Crippen LogP contribution is 2.29. The van der Waals surface area contributed by atoms with E-state index in [9.17, 15) is 14.0 Å². The van der Waals surface area contributed by atoms with E-state index in [2.05, 4.69) is 21.4 Å². The maximum atomic E-state index is 13.3. The van der Waals surface area contributed by atoms with Gasteiger partial charge in [0.2, 0.25) is 0 Å². The quantitative estimate of drug-likeness (QED) is 0.440. The minimum Gasteiger partial charge on any atom is -0.488 e. The van der Waals surface area contributed by atoms with Crippen LogP contribution in [0.5, 0.6) is 5.75 Å². The Morgan fingerprint density at radius 2 is 1.80 bits per heavy atom. The van der Waals surface area contributed by atoms with Crippen molar-refractivity contribution in [3.05, 3.63) is 99.8 Å². The minimum atomic E-state index is -0.466. The van der Waals surface area contributed by atoms with Gasteiger partial charge in [-0.2, -0.15) is 0 Å². The van der Waals surface area contributed by atoms with Crippen molar-refractivity contribution in [2.45, 2.75) is 6.61 Å². The largest absolute Gasteiger partial charge is 0.488 e. The second kappa shape index (κ2) is 8.51. The molecular weight excluding hydrogens is 451 g/mol. The van der Waals surface area contributed by atoms with Gasteiger partial charge in [0.1, 0.15) is 23.7 Å². The Morgan fingerprint density at radius 3 is 2.53 bits per heavy atom. The fourth-order valence-electron chi connectivity index (χ4n) is 2.99. The van der Waals surface area contributed by atoms with Gasteiger partial charge < -0.3 is 4.74 Å². The molecule has 0 spiro atoms. The Kier molecular flexibility index (Phi) is 5.63. The summed E-state index contributed by atoms with van der Waals surface area (Å²) in [6.07, 6.45) is 1.53. The van der Waals surface area contributed by atoms with E-state index in [1.807, 2.05) is 6.07 Å². The van der Waals surface area contributed by atoms with Crippen LogP contribution in [-0.2, 0) is 16.2 Å². The molecule has 7 heteroatoms. The molecule has 1 aliphatic rings. The standard InChI is InChI=1S/C23H16BrFN2O3/c24-20-13-15(9-10-21(20)30-14-16-5-4-6-17(25)11-16)12-19-22(28)26-27(23(19)29)18-7-2-1-3-8-18/h1-13H,14H2,(H,26,28)/b19-12-. The molecule has 0 unspecified atom stereocenters. The topological polar surface area (TPSA) is 58.6 Å². The van der Waals surface area contributed by atoms with Crippen molar-refractivity contribution in [3.63, 3.8) is 0 Å². The maximum Gasteiger partial charge on any atom is 0.282 e. The van der Waals surface area contributed by atoms with Gasteiger partial charge in [-0.15, -0.1) is 0 Å². The molecule has 4 rings (SSSR count). The molecule has 0 saturated carbocycles. The van der Waals surface area contributed by atoms with Gasteiger partial charge in [-0.25, -0.2) is 9.40 Å². The van der Waals surface area contributed by atoms with E-state index in [1.54, 1.807) is 54.6 Å². The zero-order valence-corrected chi connectivity index (χ0v) is 17.2. The molecule has 150 valence electrons. The number of carbonyl (C=O) groups is 2. The molecule has 0 bridgehead atoms. The van der Waals surface area contributed by atoms with E-state index < -0.39 is 11.8 Å². The number of hydrazine groups is 1. The Labute approximate surface area is 180 Å². The van der Waals surface area contributed by atoms with Crippen LogP contribution in [0.1, 0.15) is 11.1 Å². The number of ether oxygens (including phenoxy) is 1. The first-order valence-corrected chi connectivity index (χ1v) is 9.89. The van der Waals surface area contributed by atoms with E-state index in [1.165, 1.54) is 23.2 Å². The summed E-state index contributed by atoms with van der Waals surface area (Å²) in [5, 5.41) is 1.22. The van der Waals surface area contributed by atoms with Crippen molar-refractivity contribution in [1.29, 1.82) is 0 Å². The molecule has 0 atom stereocenters. The summed E-state index contributed by atoms with van der Waals surface area (Å²) in [4.78, 5) is 25.0. The molecule has 0 radical (unpaired) electrons. The van der Waals surface area contributed by atoms with Gasteiger partial charge in [-0.3, -0.25) is 15.0 Å². The number of hydrogen-bond donors (Lipinski definition) is 1. The van der Waals surface area contributed by atoms with Crippen LogP contribution < -0.4 is 15.2 Å². The summed E-state index contributed by atoms with van der Waals surface area (Å²) >= 11 is 3.44. The SMILES string of the molecule is O=C1NN(c2ccccc2)C(=O)/C1=C\c1ccc(OCc2cccc(F)c2)c(Br)c1. The number of amides is 2. The van der Waals surface area contributed by atoms with Crippen LogP contribution in [0.25, 0.3) is 6.08 Å². The first-order valence-electron chi connectivity index (χ1n) is 9.10. The van der Waals surface area contributed by atoms with Crippen molar-refractivity contribution in [2.24, 2.45) is 0 Å². The van der Waals surface area contributed by atoms with Crippen molar-refractivity contribution in [3.8, 4) is 5.75 Å². The van der Waals surface area contributed by atoms with E-state index in [-0.39, 0.29) is 18.0 Å². The lowest BCUT2D eigenvalue weighted by Gasteiger charge is -2.13. The van der Waals surface area contributed by atoms with Gasteiger partial charge in [0, 0.05) is 0 Å². The number of para-hydroxylation sites is 1. The monoisotopic (exact) mass is 466 g/mol. The number of anilines is 1.